The maximum atomic E-state index is 14.5. The van der Waals surface area contributed by atoms with Gasteiger partial charge in [0.25, 0.3) is 0 Å². The molecule has 0 aromatic heterocycles. The van der Waals surface area contributed by atoms with Crippen LogP contribution in [0.15, 0.2) is 84.9 Å². The molecule has 0 bridgehead atoms. The monoisotopic (exact) mass is 1020 g/mol. The van der Waals surface area contributed by atoms with Gasteiger partial charge in [-0.3, -0.25) is 4.79 Å². The molecule has 396 valence electrons. The topological polar surface area (TPSA) is 357 Å². The van der Waals surface area contributed by atoms with E-state index in [2.05, 4.69) is 0 Å². The summed E-state index contributed by atoms with van der Waals surface area (Å²) in [5, 5.41) is 113. The number of carbonyl (C=O) groups is 3. The maximum Gasteiger partial charge on any atom is 0.339 e. The molecule has 0 radical (unpaired) electrons. The Kier molecular flexibility index (Phi) is 20.0. The van der Waals surface area contributed by atoms with Gasteiger partial charge in [0, 0.05) is 6.08 Å². The molecule has 72 heavy (non-hydrogen) atoms. The van der Waals surface area contributed by atoms with Gasteiger partial charge in [-0.2, -0.15) is 0 Å². The zero-order valence-electron chi connectivity index (χ0n) is 39.2. The summed E-state index contributed by atoms with van der Waals surface area (Å²) in [4.78, 5) is 41.4. The number of hydrogen-bond acceptors (Lipinski definition) is 23. The Bertz CT molecular complexity index is 2210. The van der Waals surface area contributed by atoms with Crippen LogP contribution in [-0.4, -0.2) is 192 Å². The van der Waals surface area contributed by atoms with Crippen molar-refractivity contribution < 1.29 is 113 Å². The molecule has 3 aromatic carbocycles. The number of aliphatic hydroxyl groups excluding tert-OH is 11. The first-order valence-corrected chi connectivity index (χ1v) is 23.1. The van der Waals surface area contributed by atoms with Crippen LogP contribution >= 0.6 is 0 Å². The lowest BCUT2D eigenvalue weighted by molar-refractivity contribution is -0.327. The quantitative estimate of drug-likeness (QED) is 0.0315. The Hall–Kier alpha value is -5.19. The molecular weight excluding hydrogens is 957 g/mol. The lowest BCUT2D eigenvalue weighted by Crippen LogP contribution is -2.63. The lowest BCUT2D eigenvalue weighted by Gasteiger charge is -2.44. The molecule has 16 atom stereocenters. The zero-order chi connectivity index (χ0) is 52.3. The number of aliphatic hydroxyl groups is 11. The Labute approximate surface area is 412 Å². The summed E-state index contributed by atoms with van der Waals surface area (Å²) in [7, 11) is 0. The number of benzene rings is 3. The SMILES string of the molecule is CC(C)CC(CC(=O)OCc1ccc(OC2OC(CO)C(O)C(O)C2O)cc1)(OC1OC(CO)C(O)C(OC(=O)C=Cc2ccccc2)C1O)C(=O)OCc1ccc(OC2OC(CO)C(O)C(O)C2O)cc1. The second-order valence-electron chi connectivity index (χ2n) is 17.9. The van der Waals surface area contributed by atoms with Crippen LogP contribution in [0.5, 0.6) is 11.5 Å². The molecule has 0 amide bonds. The molecule has 23 heteroatoms. The van der Waals surface area contributed by atoms with Crippen LogP contribution in [0.4, 0.5) is 0 Å². The van der Waals surface area contributed by atoms with Gasteiger partial charge in [0.15, 0.2) is 18.0 Å². The minimum absolute atomic E-state index is 0.112. The molecule has 3 saturated heterocycles. The first-order chi connectivity index (χ1) is 34.4. The van der Waals surface area contributed by atoms with E-state index >= 15 is 0 Å². The van der Waals surface area contributed by atoms with Crippen molar-refractivity contribution in [2.45, 2.75) is 138 Å². The molecule has 3 heterocycles. The fourth-order valence-electron chi connectivity index (χ4n) is 8.09. The van der Waals surface area contributed by atoms with Crippen molar-refractivity contribution in [2.75, 3.05) is 19.8 Å². The van der Waals surface area contributed by atoms with E-state index in [4.69, 9.17) is 42.6 Å². The average Bonchev–Trinajstić information content (AvgIpc) is 3.37. The van der Waals surface area contributed by atoms with E-state index in [1.807, 2.05) is 0 Å². The summed E-state index contributed by atoms with van der Waals surface area (Å²) < 4.78 is 50.9. The summed E-state index contributed by atoms with van der Waals surface area (Å²) in [6.45, 7) is 0.363. The van der Waals surface area contributed by atoms with Crippen LogP contribution in [0.3, 0.4) is 0 Å². The molecule has 0 spiro atoms. The molecule has 6 rings (SSSR count). The van der Waals surface area contributed by atoms with Gasteiger partial charge >= 0.3 is 17.9 Å². The number of esters is 3. The Morgan fingerprint density at radius 1 is 0.583 bits per heavy atom. The fraction of sp³-hybridized carbons (Fsp3) is 0.531. The van der Waals surface area contributed by atoms with Crippen LogP contribution in [0.25, 0.3) is 6.08 Å². The predicted octanol–water partition coefficient (Wildman–Crippen LogP) is -1.91. The Morgan fingerprint density at radius 2 is 1.06 bits per heavy atom. The smallest absolute Gasteiger partial charge is 0.339 e. The lowest BCUT2D eigenvalue weighted by atomic mass is 9.88. The molecular formula is C49H62O23. The number of ether oxygens (including phenoxy) is 9. The van der Waals surface area contributed by atoms with Crippen molar-refractivity contribution in [3.63, 3.8) is 0 Å². The highest BCUT2D eigenvalue weighted by atomic mass is 16.7. The first-order valence-electron chi connectivity index (χ1n) is 23.1. The van der Waals surface area contributed by atoms with Crippen molar-refractivity contribution in [1.82, 2.24) is 0 Å². The molecule has 11 N–H and O–H groups in total. The Balaban J connectivity index is 1.20. The van der Waals surface area contributed by atoms with Gasteiger partial charge in [-0.05, 0) is 59.4 Å². The minimum atomic E-state index is -2.34. The Morgan fingerprint density at radius 3 is 1.54 bits per heavy atom. The third kappa shape index (κ3) is 14.1. The molecule has 3 fully saturated rings. The summed E-state index contributed by atoms with van der Waals surface area (Å²) in [6, 6.07) is 20.3. The highest BCUT2D eigenvalue weighted by Gasteiger charge is 2.54. The van der Waals surface area contributed by atoms with Gasteiger partial charge in [0.2, 0.25) is 12.6 Å². The van der Waals surface area contributed by atoms with Gasteiger partial charge in [-0.25, -0.2) is 9.59 Å². The van der Waals surface area contributed by atoms with Crippen molar-refractivity contribution in [1.29, 1.82) is 0 Å². The molecule has 0 saturated carbocycles. The van der Waals surface area contributed by atoms with Crippen LogP contribution in [-0.2, 0) is 60.8 Å². The van der Waals surface area contributed by atoms with E-state index in [1.54, 1.807) is 44.2 Å². The standard InChI is InChI=1S/C49H62O23/c1-25(2)18-49(48(63)65-24-28-10-15-30(16-11-28)67-46-42(61)40(59)37(56)32(21-51)69-46,72-47-43(62)44(38(57)33(22-52)70-47)71-34(53)17-12-26-6-4-3-5-7-26)19-35(54)64-23-27-8-13-29(14-9-27)66-45-41(60)39(58)36(55)31(20-50)68-45/h3-17,25,31-33,36-47,50-52,55-62H,18-24H2,1-2H3. The van der Waals surface area contributed by atoms with Crippen molar-refractivity contribution in [2.24, 2.45) is 5.92 Å². The molecule has 3 aliphatic rings. The maximum absolute atomic E-state index is 14.5. The third-order valence-electron chi connectivity index (χ3n) is 12.0. The fourth-order valence-corrected chi connectivity index (χ4v) is 8.09. The van der Waals surface area contributed by atoms with Gasteiger partial charge in [-0.1, -0.05) is 68.4 Å². The van der Waals surface area contributed by atoms with E-state index in [-0.39, 0.29) is 24.5 Å². The number of carbonyl (C=O) groups excluding carboxylic acids is 3. The van der Waals surface area contributed by atoms with E-state index in [0.29, 0.717) is 16.7 Å². The second kappa shape index (κ2) is 25.7. The molecule has 3 aliphatic heterocycles. The van der Waals surface area contributed by atoms with Gasteiger partial charge in [-0.15, -0.1) is 0 Å². The molecule has 16 unspecified atom stereocenters. The largest absolute Gasteiger partial charge is 0.462 e. The first kappa shape index (κ1) is 56.1. The summed E-state index contributed by atoms with van der Waals surface area (Å²) in [5.74, 6) is -3.36. The zero-order valence-corrected chi connectivity index (χ0v) is 39.2. The average molecular weight is 1020 g/mol. The van der Waals surface area contributed by atoms with Crippen LogP contribution < -0.4 is 9.47 Å². The normalized spacial score (nSPS) is 31.6. The van der Waals surface area contributed by atoms with Gasteiger partial charge in [0.05, 0.1) is 26.2 Å². The van der Waals surface area contributed by atoms with Crippen LogP contribution in [0.2, 0.25) is 0 Å². The predicted molar refractivity (Wildman–Crippen MR) is 242 cm³/mol. The van der Waals surface area contributed by atoms with Crippen molar-refractivity contribution >= 4 is 24.0 Å². The van der Waals surface area contributed by atoms with Gasteiger partial charge in [0.1, 0.15) is 91.9 Å². The molecule has 3 aromatic rings. The molecule has 23 nitrogen and oxygen atoms in total. The van der Waals surface area contributed by atoms with E-state index < -0.39 is 154 Å². The second-order valence-corrected chi connectivity index (χ2v) is 17.9. The van der Waals surface area contributed by atoms with Gasteiger partial charge < -0.3 is 98.8 Å². The molecule has 0 aliphatic carbocycles. The summed E-state index contributed by atoms with van der Waals surface area (Å²) >= 11 is 0. The van der Waals surface area contributed by atoms with E-state index in [9.17, 15) is 70.6 Å². The van der Waals surface area contributed by atoms with Crippen LogP contribution in [0, 0.1) is 5.92 Å². The third-order valence-corrected chi connectivity index (χ3v) is 12.0. The summed E-state index contributed by atoms with van der Waals surface area (Å²) in [5.41, 5.74) is -0.942. The van der Waals surface area contributed by atoms with E-state index in [1.165, 1.54) is 54.6 Å². The van der Waals surface area contributed by atoms with Crippen molar-refractivity contribution in [3.05, 3.63) is 102 Å². The highest BCUT2D eigenvalue weighted by molar-refractivity contribution is 5.87. The summed E-state index contributed by atoms with van der Waals surface area (Å²) in [6.07, 6.45) is -23.0. The van der Waals surface area contributed by atoms with E-state index in [0.717, 1.165) is 6.08 Å². The van der Waals surface area contributed by atoms with Crippen molar-refractivity contribution in [3.8, 4) is 11.5 Å². The highest BCUT2D eigenvalue weighted by Crippen LogP contribution is 2.35. The number of hydrogen-bond donors (Lipinski definition) is 11. The van der Waals surface area contributed by atoms with Crippen LogP contribution in [0.1, 0.15) is 43.4 Å². The minimum Gasteiger partial charge on any atom is -0.462 e. The number of rotatable bonds is 21.